The number of benzene rings is 1. The number of methoxy groups -OCH3 is 1. The summed E-state index contributed by atoms with van der Waals surface area (Å²) < 4.78 is 5.36. The molecule has 0 aliphatic heterocycles. The lowest BCUT2D eigenvalue weighted by molar-refractivity contribution is 0.119. The molecule has 1 heterocycles. The average Bonchev–Trinajstić information content (AvgIpc) is 3.13. The van der Waals surface area contributed by atoms with Gasteiger partial charge in [0.25, 0.3) is 0 Å². The van der Waals surface area contributed by atoms with E-state index in [0.717, 1.165) is 23.2 Å². The van der Waals surface area contributed by atoms with Gasteiger partial charge in [-0.05, 0) is 26.3 Å². The topological polar surface area (TPSA) is 49.8 Å². The van der Waals surface area contributed by atoms with Gasteiger partial charge in [-0.1, -0.05) is 43.7 Å². The molecule has 0 aliphatic rings. The highest BCUT2D eigenvalue weighted by molar-refractivity contribution is 7.09. The van der Waals surface area contributed by atoms with E-state index in [-0.39, 0.29) is 11.5 Å². The van der Waals surface area contributed by atoms with Crippen LogP contribution in [-0.2, 0) is 16.7 Å². The van der Waals surface area contributed by atoms with Crippen LogP contribution in [0.2, 0.25) is 0 Å². The minimum Gasteiger partial charge on any atom is -0.375 e. The van der Waals surface area contributed by atoms with Gasteiger partial charge in [-0.3, -0.25) is 4.99 Å². The van der Waals surface area contributed by atoms with E-state index < -0.39 is 0 Å². The number of aliphatic imine (C=N–C) groups is 1. The van der Waals surface area contributed by atoms with E-state index in [1.165, 1.54) is 11.1 Å². The highest BCUT2D eigenvalue weighted by atomic mass is 32.1. The fourth-order valence-corrected chi connectivity index (χ4v) is 3.68. The third-order valence-corrected chi connectivity index (χ3v) is 5.88. The van der Waals surface area contributed by atoms with Gasteiger partial charge in [0.1, 0.15) is 11.1 Å². The summed E-state index contributed by atoms with van der Waals surface area (Å²) in [5, 5.41) is 6.51. The first kappa shape index (κ1) is 22.4. The number of ether oxygens (including phenoxy) is 1. The second-order valence-electron chi connectivity index (χ2n) is 7.83. The summed E-state index contributed by atoms with van der Waals surface area (Å²) in [5.41, 5.74) is 3.59. The van der Waals surface area contributed by atoms with Crippen LogP contribution in [0.15, 0.2) is 34.6 Å². The van der Waals surface area contributed by atoms with Gasteiger partial charge in [-0.2, -0.15) is 0 Å². The summed E-state index contributed by atoms with van der Waals surface area (Å²) in [4.78, 5) is 11.7. The van der Waals surface area contributed by atoms with Crippen LogP contribution in [0.5, 0.6) is 0 Å². The molecule has 1 atom stereocenters. The standard InChI is InChI=1S/C22H34N4OS/c1-8-23-21(24-15-22(4,5)18-11-9-16(2)10-12-18)26(6)13-19-14-28-20(25-19)17(3)27-7/h9-12,14,17H,8,13,15H2,1-7H3,(H,23,24). The number of hydrogen-bond donors (Lipinski definition) is 1. The van der Waals surface area contributed by atoms with Gasteiger partial charge in [0.05, 0.1) is 18.8 Å². The third-order valence-electron chi connectivity index (χ3n) is 4.82. The number of aryl methyl sites for hydroxylation is 1. The first-order valence-corrected chi connectivity index (χ1v) is 10.7. The Bertz CT molecular complexity index is 767. The molecule has 6 heteroatoms. The van der Waals surface area contributed by atoms with Gasteiger partial charge < -0.3 is 15.0 Å². The first-order chi connectivity index (χ1) is 13.3. The van der Waals surface area contributed by atoms with E-state index in [1.807, 2.05) is 6.92 Å². The highest BCUT2D eigenvalue weighted by Gasteiger charge is 2.21. The van der Waals surface area contributed by atoms with E-state index in [2.05, 4.69) is 74.6 Å². The predicted molar refractivity (Wildman–Crippen MR) is 119 cm³/mol. The van der Waals surface area contributed by atoms with Crippen LogP contribution in [-0.4, -0.2) is 43.1 Å². The van der Waals surface area contributed by atoms with Crippen molar-refractivity contribution in [2.24, 2.45) is 4.99 Å². The minimum atomic E-state index is -0.0308. The maximum absolute atomic E-state index is 5.36. The number of hydrogen-bond acceptors (Lipinski definition) is 4. The maximum Gasteiger partial charge on any atom is 0.194 e. The normalized spacial score (nSPS) is 13.5. The van der Waals surface area contributed by atoms with Crippen molar-refractivity contribution in [3.63, 3.8) is 0 Å². The number of guanidine groups is 1. The van der Waals surface area contributed by atoms with Crippen LogP contribution in [0.25, 0.3) is 0 Å². The molecule has 0 aliphatic carbocycles. The zero-order valence-corrected chi connectivity index (χ0v) is 19.1. The number of nitrogens with zero attached hydrogens (tertiary/aromatic N) is 3. The molecule has 1 aromatic heterocycles. The van der Waals surface area contributed by atoms with E-state index >= 15 is 0 Å². The fourth-order valence-electron chi connectivity index (χ4n) is 2.84. The van der Waals surface area contributed by atoms with Crippen molar-refractivity contribution in [1.82, 2.24) is 15.2 Å². The summed E-state index contributed by atoms with van der Waals surface area (Å²) >= 11 is 1.64. The van der Waals surface area contributed by atoms with Crippen molar-refractivity contribution in [2.75, 3.05) is 27.2 Å². The molecule has 0 radical (unpaired) electrons. The molecule has 2 rings (SSSR count). The molecule has 28 heavy (non-hydrogen) atoms. The molecule has 2 aromatic rings. The highest BCUT2D eigenvalue weighted by Crippen LogP contribution is 2.24. The van der Waals surface area contributed by atoms with Crippen molar-refractivity contribution >= 4 is 17.3 Å². The molecule has 0 bridgehead atoms. The molecule has 1 aromatic carbocycles. The minimum absolute atomic E-state index is 0.0290. The molecule has 0 fully saturated rings. The van der Waals surface area contributed by atoms with Gasteiger partial charge >= 0.3 is 0 Å². The quantitative estimate of drug-likeness (QED) is 0.520. The predicted octanol–water partition coefficient (Wildman–Crippen LogP) is 4.53. The lowest BCUT2D eigenvalue weighted by Gasteiger charge is -2.26. The monoisotopic (exact) mass is 402 g/mol. The van der Waals surface area contributed by atoms with Gasteiger partial charge in [-0.15, -0.1) is 11.3 Å². The zero-order chi connectivity index (χ0) is 20.7. The Balaban J connectivity index is 2.09. The number of thiazole rings is 1. The number of aromatic nitrogens is 1. The molecule has 0 spiro atoms. The smallest absolute Gasteiger partial charge is 0.194 e. The van der Waals surface area contributed by atoms with Crippen molar-refractivity contribution in [3.8, 4) is 0 Å². The maximum atomic E-state index is 5.36. The largest absolute Gasteiger partial charge is 0.375 e. The van der Waals surface area contributed by atoms with Gasteiger partial charge in [0, 0.05) is 31.5 Å². The summed E-state index contributed by atoms with van der Waals surface area (Å²) in [6.45, 7) is 13.0. The Morgan fingerprint density at radius 2 is 2.00 bits per heavy atom. The van der Waals surface area contributed by atoms with E-state index in [9.17, 15) is 0 Å². The van der Waals surface area contributed by atoms with E-state index in [4.69, 9.17) is 14.7 Å². The van der Waals surface area contributed by atoms with Gasteiger partial charge in [0.2, 0.25) is 0 Å². The summed E-state index contributed by atoms with van der Waals surface area (Å²) in [7, 11) is 3.77. The Kier molecular flexibility index (Phi) is 8.01. The van der Waals surface area contributed by atoms with E-state index in [1.54, 1.807) is 18.4 Å². The molecule has 0 amide bonds. The Labute approximate surface area is 173 Å². The molecular formula is C22H34N4OS. The third kappa shape index (κ3) is 6.04. The van der Waals surface area contributed by atoms with Crippen molar-refractivity contribution in [3.05, 3.63) is 51.5 Å². The molecule has 1 N–H and O–H groups in total. The fraction of sp³-hybridized carbons (Fsp3) is 0.545. The lowest BCUT2D eigenvalue weighted by Crippen LogP contribution is -2.39. The van der Waals surface area contributed by atoms with Crippen molar-refractivity contribution < 1.29 is 4.74 Å². The van der Waals surface area contributed by atoms with Crippen LogP contribution >= 0.6 is 11.3 Å². The zero-order valence-electron chi connectivity index (χ0n) is 18.2. The van der Waals surface area contributed by atoms with Crippen molar-refractivity contribution in [1.29, 1.82) is 0 Å². The van der Waals surface area contributed by atoms with Crippen LogP contribution in [0.4, 0.5) is 0 Å². The van der Waals surface area contributed by atoms with E-state index in [0.29, 0.717) is 13.1 Å². The van der Waals surface area contributed by atoms with Crippen LogP contribution in [0, 0.1) is 6.92 Å². The Morgan fingerprint density at radius 3 is 2.61 bits per heavy atom. The van der Waals surface area contributed by atoms with Gasteiger partial charge in [0.15, 0.2) is 5.96 Å². The van der Waals surface area contributed by atoms with Crippen LogP contribution in [0.3, 0.4) is 0 Å². The Morgan fingerprint density at radius 1 is 1.32 bits per heavy atom. The second-order valence-corrected chi connectivity index (χ2v) is 8.72. The average molecular weight is 403 g/mol. The summed E-state index contributed by atoms with van der Waals surface area (Å²) in [6.07, 6.45) is 0.0290. The van der Waals surface area contributed by atoms with Gasteiger partial charge in [-0.25, -0.2) is 4.98 Å². The van der Waals surface area contributed by atoms with Crippen molar-refractivity contribution in [2.45, 2.75) is 52.7 Å². The summed E-state index contributed by atoms with van der Waals surface area (Å²) in [5.74, 6) is 0.900. The molecule has 0 saturated carbocycles. The first-order valence-electron chi connectivity index (χ1n) is 9.80. The summed E-state index contributed by atoms with van der Waals surface area (Å²) in [6, 6.07) is 8.74. The molecule has 5 nitrogen and oxygen atoms in total. The number of nitrogens with one attached hydrogen (secondary N) is 1. The molecule has 0 saturated heterocycles. The van der Waals surface area contributed by atoms with Crippen LogP contribution < -0.4 is 5.32 Å². The Hall–Kier alpha value is -1.92. The SMILES string of the molecule is CCNC(=NCC(C)(C)c1ccc(C)cc1)N(C)Cc1csc(C(C)OC)n1. The molecule has 1 unspecified atom stereocenters. The number of rotatable bonds is 8. The van der Waals surface area contributed by atoms with Crippen LogP contribution in [0.1, 0.15) is 55.6 Å². The molecule has 154 valence electrons. The second kappa shape index (κ2) is 10.0. The molecular weight excluding hydrogens is 368 g/mol. The lowest BCUT2D eigenvalue weighted by atomic mass is 9.84.